The molecule has 1 aliphatic heterocycles. The first-order valence-corrected chi connectivity index (χ1v) is 6.49. The summed E-state index contributed by atoms with van der Waals surface area (Å²) in [5, 5.41) is 7.66. The molecule has 104 valence electrons. The van der Waals surface area contributed by atoms with Crippen molar-refractivity contribution < 1.29 is 14.2 Å². The van der Waals surface area contributed by atoms with Crippen LogP contribution in [0.15, 0.2) is 36.4 Å². The van der Waals surface area contributed by atoms with E-state index in [-0.39, 0.29) is 5.41 Å². The first-order chi connectivity index (χ1) is 9.70. The third-order valence-electron chi connectivity index (χ3n) is 3.86. The Morgan fingerprint density at radius 1 is 1.15 bits per heavy atom. The Morgan fingerprint density at radius 3 is 2.55 bits per heavy atom. The van der Waals surface area contributed by atoms with Crippen LogP contribution in [0.2, 0.25) is 0 Å². The van der Waals surface area contributed by atoms with E-state index < -0.39 is 0 Å². The van der Waals surface area contributed by atoms with Gasteiger partial charge in [-0.15, -0.1) is 0 Å². The van der Waals surface area contributed by atoms with Gasteiger partial charge in [0.2, 0.25) is 0 Å². The van der Waals surface area contributed by atoms with Gasteiger partial charge in [0.15, 0.2) is 11.5 Å². The standard InChI is InChI=1S/C16H17NO3/c1-18-14-4-3-13-12(15(14)19-2)9-20-10-16(13)7-5-11(17)6-8-16/h3-8,17H,9-10H2,1-2H3. The summed E-state index contributed by atoms with van der Waals surface area (Å²) in [4.78, 5) is 0. The second kappa shape index (κ2) is 4.80. The average molecular weight is 271 g/mol. The fraction of sp³-hybridized carbons (Fsp3) is 0.312. The highest BCUT2D eigenvalue weighted by Gasteiger charge is 2.36. The summed E-state index contributed by atoms with van der Waals surface area (Å²) in [6, 6.07) is 3.98. The zero-order chi connectivity index (χ0) is 14.2. The number of ether oxygens (including phenoxy) is 3. The van der Waals surface area contributed by atoms with Gasteiger partial charge in [0.1, 0.15) is 0 Å². The molecule has 0 fully saturated rings. The molecule has 0 aromatic heterocycles. The molecule has 4 nitrogen and oxygen atoms in total. The van der Waals surface area contributed by atoms with Crippen molar-refractivity contribution in [3.05, 3.63) is 47.6 Å². The summed E-state index contributed by atoms with van der Waals surface area (Å²) in [6.45, 7) is 1.09. The molecule has 0 saturated heterocycles. The minimum absolute atomic E-state index is 0.308. The van der Waals surface area contributed by atoms with Crippen LogP contribution in [0.5, 0.6) is 11.5 Å². The second-order valence-electron chi connectivity index (χ2n) is 4.98. The zero-order valence-electron chi connectivity index (χ0n) is 11.6. The summed E-state index contributed by atoms with van der Waals surface area (Å²) in [6.07, 6.45) is 7.68. The Labute approximate surface area is 118 Å². The lowest BCUT2D eigenvalue weighted by molar-refractivity contribution is 0.0794. The van der Waals surface area contributed by atoms with Crippen LogP contribution in [0.3, 0.4) is 0 Å². The van der Waals surface area contributed by atoms with E-state index in [2.05, 4.69) is 6.07 Å². The van der Waals surface area contributed by atoms with Crippen molar-refractivity contribution in [1.82, 2.24) is 0 Å². The molecular weight excluding hydrogens is 254 g/mol. The van der Waals surface area contributed by atoms with Gasteiger partial charge in [0, 0.05) is 5.56 Å². The van der Waals surface area contributed by atoms with E-state index in [9.17, 15) is 0 Å². The number of rotatable bonds is 2. The summed E-state index contributed by atoms with van der Waals surface area (Å²) in [7, 11) is 3.27. The molecule has 0 amide bonds. The molecule has 4 heteroatoms. The molecule has 1 aliphatic carbocycles. The topological polar surface area (TPSA) is 51.5 Å². The highest BCUT2D eigenvalue weighted by atomic mass is 16.5. The number of methoxy groups -OCH3 is 2. The van der Waals surface area contributed by atoms with E-state index in [4.69, 9.17) is 19.6 Å². The minimum atomic E-state index is -0.308. The summed E-state index contributed by atoms with van der Waals surface area (Å²) >= 11 is 0. The van der Waals surface area contributed by atoms with Crippen molar-refractivity contribution in [2.24, 2.45) is 0 Å². The molecule has 0 atom stereocenters. The number of hydrogen-bond acceptors (Lipinski definition) is 4. The SMILES string of the molecule is COc1ccc2c(c1OC)COCC21C=CC(=N)C=C1. The van der Waals surface area contributed by atoms with Gasteiger partial charge in [-0.3, -0.25) is 0 Å². The van der Waals surface area contributed by atoms with E-state index in [1.807, 2.05) is 30.4 Å². The van der Waals surface area contributed by atoms with Gasteiger partial charge in [-0.25, -0.2) is 0 Å². The molecule has 1 heterocycles. The van der Waals surface area contributed by atoms with Crippen LogP contribution in [-0.4, -0.2) is 26.5 Å². The number of hydrogen-bond donors (Lipinski definition) is 1. The van der Waals surface area contributed by atoms with Crippen LogP contribution in [0.1, 0.15) is 11.1 Å². The molecule has 1 aromatic rings. The third kappa shape index (κ3) is 1.84. The van der Waals surface area contributed by atoms with Crippen LogP contribution in [0.25, 0.3) is 0 Å². The third-order valence-corrected chi connectivity index (χ3v) is 3.86. The Morgan fingerprint density at radius 2 is 1.90 bits per heavy atom. The second-order valence-corrected chi connectivity index (χ2v) is 4.98. The summed E-state index contributed by atoms with van der Waals surface area (Å²) in [5.74, 6) is 1.44. The van der Waals surface area contributed by atoms with Crippen molar-refractivity contribution in [2.45, 2.75) is 12.0 Å². The quantitative estimate of drug-likeness (QED) is 0.899. The molecule has 1 spiro atoms. The molecular formula is C16H17NO3. The number of benzene rings is 1. The molecule has 20 heavy (non-hydrogen) atoms. The van der Waals surface area contributed by atoms with Crippen molar-refractivity contribution in [2.75, 3.05) is 20.8 Å². The van der Waals surface area contributed by atoms with Crippen LogP contribution < -0.4 is 9.47 Å². The summed E-state index contributed by atoms with van der Waals surface area (Å²) < 4.78 is 16.6. The minimum Gasteiger partial charge on any atom is -0.493 e. The van der Waals surface area contributed by atoms with E-state index in [1.165, 1.54) is 0 Å². The van der Waals surface area contributed by atoms with Gasteiger partial charge in [0.05, 0.1) is 38.6 Å². The van der Waals surface area contributed by atoms with Crippen molar-refractivity contribution >= 4 is 5.71 Å². The van der Waals surface area contributed by atoms with Crippen LogP contribution in [0.4, 0.5) is 0 Å². The van der Waals surface area contributed by atoms with E-state index in [0.29, 0.717) is 24.7 Å². The normalized spacial score (nSPS) is 23.8. The van der Waals surface area contributed by atoms with Crippen LogP contribution in [0, 0.1) is 5.41 Å². The monoisotopic (exact) mass is 271 g/mol. The maximum absolute atomic E-state index is 7.66. The molecule has 3 rings (SSSR count). The molecule has 0 radical (unpaired) electrons. The highest BCUT2D eigenvalue weighted by molar-refractivity contribution is 6.03. The maximum Gasteiger partial charge on any atom is 0.166 e. The molecule has 1 aromatic carbocycles. The van der Waals surface area contributed by atoms with Gasteiger partial charge >= 0.3 is 0 Å². The average Bonchev–Trinajstić information content (AvgIpc) is 2.49. The lowest BCUT2D eigenvalue weighted by Crippen LogP contribution is -2.34. The van der Waals surface area contributed by atoms with Gasteiger partial charge < -0.3 is 19.6 Å². The largest absolute Gasteiger partial charge is 0.493 e. The smallest absolute Gasteiger partial charge is 0.166 e. The van der Waals surface area contributed by atoms with Gasteiger partial charge in [-0.05, 0) is 23.8 Å². The number of nitrogens with one attached hydrogen (secondary N) is 1. The predicted octanol–water partition coefficient (Wildman–Crippen LogP) is 2.62. The lowest BCUT2D eigenvalue weighted by atomic mass is 9.74. The Kier molecular flexibility index (Phi) is 3.10. The highest BCUT2D eigenvalue weighted by Crippen LogP contribution is 2.44. The van der Waals surface area contributed by atoms with Gasteiger partial charge in [0.25, 0.3) is 0 Å². The van der Waals surface area contributed by atoms with Crippen molar-refractivity contribution in [1.29, 1.82) is 5.41 Å². The number of allylic oxidation sites excluding steroid dienone is 2. The molecule has 0 saturated carbocycles. The lowest BCUT2D eigenvalue weighted by Gasteiger charge is -2.36. The van der Waals surface area contributed by atoms with Gasteiger partial charge in [-0.1, -0.05) is 18.2 Å². The van der Waals surface area contributed by atoms with Crippen LogP contribution in [-0.2, 0) is 16.8 Å². The predicted molar refractivity (Wildman–Crippen MR) is 76.9 cm³/mol. The Bertz CT molecular complexity index is 600. The first-order valence-electron chi connectivity index (χ1n) is 6.49. The zero-order valence-corrected chi connectivity index (χ0v) is 11.6. The Hall–Kier alpha value is -2.07. The van der Waals surface area contributed by atoms with Gasteiger partial charge in [-0.2, -0.15) is 0 Å². The maximum atomic E-state index is 7.66. The van der Waals surface area contributed by atoms with Crippen molar-refractivity contribution in [3.63, 3.8) is 0 Å². The fourth-order valence-corrected chi connectivity index (χ4v) is 2.83. The molecule has 0 bridgehead atoms. The fourth-order valence-electron chi connectivity index (χ4n) is 2.83. The van der Waals surface area contributed by atoms with E-state index >= 15 is 0 Å². The molecule has 0 unspecified atom stereocenters. The van der Waals surface area contributed by atoms with E-state index in [0.717, 1.165) is 16.9 Å². The van der Waals surface area contributed by atoms with Crippen LogP contribution >= 0.6 is 0 Å². The first kappa shape index (κ1) is 12.9. The molecule has 1 N–H and O–H groups in total. The Balaban J connectivity index is 2.17. The number of fused-ring (bicyclic) bond motifs is 2. The van der Waals surface area contributed by atoms with E-state index in [1.54, 1.807) is 14.2 Å². The summed E-state index contributed by atoms with van der Waals surface area (Å²) in [5.41, 5.74) is 2.36. The molecule has 2 aliphatic rings. The van der Waals surface area contributed by atoms with Crippen molar-refractivity contribution in [3.8, 4) is 11.5 Å².